The van der Waals surface area contributed by atoms with Gasteiger partial charge in [-0.3, -0.25) is 9.48 Å². The fourth-order valence-corrected chi connectivity index (χ4v) is 1.59. The van der Waals surface area contributed by atoms with E-state index in [4.69, 9.17) is 0 Å². The van der Waals surface area contributed by atoms with Crippen LogP contribution in [0, 0.1) is 5.92 Å². The molecule has 0 radical (unpaired) electrons. The maximum absolute atomic E-state index is 11.5. The smallest absolute Gasteiger partial charge is 0.138 e. The Kier molecular flexibility index (Phi) is 2.63. The van der Waals surface area contributed by atoms with Crippen molar-refractivity contribution in [3.8, 4) is 0 Å². The molecule has 0 unspecified atom stereocenters. The van der Waals surface area contributed by atoms with E-state index in [2.05, 4.69) is 10.4 Å². The predicted octanol–water partition coefficient (Wildman–Crippen LogP) is 0.141. The Morgan fingerprint density at radius 1 is 1.71 bits per heavy atom. The van der Waals surface area contributed by atoms with Gasteiger partial charge < -0.3 is 5.32 Å². The number of aryl methyl sites for hydroxylation is 2. The minimum Gasteiger partial charge on any atom is -0.315 e. The average Bonchev–Trinajstić information content (AvgIpc) is 2.45. The standard InChI is InChI=1S/C10H15N3O/c1-13-7-8(4-12-13)2-3-10(14)9-5-11-6-9/h4,7,9,11H,2-3,5-6H2,1H3. The van der Waals surface area contributed by atoms with Crippen molar-refractivity contribution in [2.24, 2.45) is 13.0 Å². The summed E-state index contributed by atoms with van der Waals surface area (Å²) in [5.41, 5.74) is 1.15. The number of nitrogens with zero attached hydrogens (tertiary/aromatic N) is 2. The zero-order valence-corrected chi connectivity index (χ0v) is 8.36. The number of carbonyl (C=O) groups is 1. The van der Waals surface area contributed by atoms with E-state index in [1.165, 1.54) is 0 Å². The second-order valence-electron chi connectivity index (χ2n) is 3.84. The minimum atomic E-state index is 0.270. The zero-order valence-electron chi connectivity index (χ0n) is 8.36. The van der Waals surface area contributed by atoms with Crippen molar-refractivity contribution >= 4 is 5.78 Å². The van der Waals surface area contributed by atoms with Crippen LogP contribution in [0.1, 0.15) is 12.0 Å². The molecule has 0 amide bonds. The van der Waals surface area contributed by atoms with Gasteiger partial charge in [0, 0.05) is 38.7 Å². The van der Waals surface area contributed by atoms with E-state index in [9.17, 15) is 4.79 Å². The van der Waals surface area contributed by atoms with E-state index < -0.39 is 0 Å². The van der Waals surface area contributed by atoms with E-state index in [1.807, 2.05) is 19.4 Å². The molecule has 14 heavy (non-hydrogen) atoms. The Balaban J connectivity index is 1.79. The molecular weight excluding hydrogens is 178 g/mol. The summed E-state index contributed by atoms with van der Waals surface area (Å²) in [4.78, 5) is 11.5. The number of nitrogens with one attached hydrogen (secondary N) is 1. The summed E-state index contributed by atoms with van der Waals surface area (Å²) in [6.45, 7) is 1.73. The first-order valence-electron chi connectivity index (χ1n) is 4.96. The lowest BCUT2D eigenvalue weighted by molar-refractivity contribution is -0.124. The quantitative estimate of drug-likeness (QED) is 0.740. The van der Waals surface area contributed by atoms with Crippen molar-refractivity contribution in [3.05, 3.63) is 18.0 Å². The summed E-state index contributed by atoms with van der Waals surface area (Å²) in [7, 11) is 1.89. The monoisotopic (exact) mass is 193 g/mol. The van der Waals surface area contributed by atoms with Crippen LogP contribution in [0.4, 0.5) is 0 Å². The largest absolute Gasteiger partial charge is 0.315 e. The highest BCUT2D eigenvalue weighted by Gasteiger charge is 2.23. The summed E-state index contributed by atoms with van der Waals surface area (Å²) >= 11 is 0. The number of aromatic nitrogens is 2. The number of hydrogen-bond acceptors (Lipinski definition) is 3. The maximum Gasteiger partial charge on any atom is 0.138 e. The second-order valence-corrected chi connectivity index (χ2v) is 3.84. The number of carbonyl (C=O) groups excluding carboxylic acids is 1. The lowest BCUT2D eigenvalue weighted by Gasteiger charge is -2.25. The van der Waals surface area contributed by atoms with Crippen LogP contribution in [0.25, 0.3) is 0 Å². The number of hydrogen-bond donors (Lipinski definition) is 1. The summed E-state index contributed by atoms with van der Waals surface area (Å²) in [6.07, 6.45) is 5.26. The lowest BCUT2D eigenvalue weighted by atomic mass is 9.94. The lowest BCUT2D eigenvalue weighted by Crippen LogP contribution is -2.46. The third-order valence-corrected chi connectivity index (χ3v) is 2.66. The van der Waals surface area contributed by atoms with Gasteiger partial charge in [0.25, 0.3) is 0 Å². The van der Waals surface area contributed by atoms with Gasteiger partial charge in [0.15, 0.2) is 0 Å². The van der Waals surface area contributed by atoms with Crippen LogP contribution in [0.3, 0.4) is 0 Å². The van der Waals surface area contributed by atoms with Crippen molar-refractivity contribution in [1.29, 1.82) is 0 Å². The molecule has 1 aromatic rings. The number of rotatable bonds is 4. The molecule has 0 atom stereocenters. The molecule has 0 spiro atoms. The first kappa shape index (κ1) is 9.40. The van der Waals surface area contributed by atoms with Gasteiger partial charge in [0.1, 0.15) is 5.78 Å². The van der Waals surface area contributed by atoms with Crippen LogP contribution in [0.15, 0.2) is 12.4 Å². The predicted molar refractivity (Wildman–Crippen MR) is 52.9 cm³/mol. The van der Waals surface area contributed by atoms with Crippen LogP contribution in [0.2, 0.25) is 0 Å². The topological polar surface area (TPSA) is 46.9 Å². The first-order valence-corrected chi connectivity index (χ1v) is 4.96. The Labute approximate surface area is 83.3 Å². The molecule has 1 fully saturated rings. The molecule has 1 aliphatic heterocycles. The Morgan fingerprint density at radius 2 is 2.50 bits per heavy atom. The van der Waals surface area contributed by atoms with E-state index in [0.29, 0.717) is 12.2 Å². The van der Waals surface area contributed by atoms with E-state index in [1.54, 1.807) is 4.68 Å². The van der Waals surface area contributed by atoms with Gasteiger partial charge in [0.05, 0.1) is 6.20 Å². The minimum absolute atomic E-state index is 0.270. The molecule has 4 heteroatoms. The molecule has 76 valence electrons. The van der Waals surface area contributed by atoms with Crippen molar-refractivity contribution in [2.75, 3.05) is 13.1 Å². The van der Waals surface area contributed by atoms with Gasteiger partial charge in [0.2, 0.25) is 0 Å². The Hall–Kier alpha value is -1.16. The van der Waals surface area contributed by atoms with Crippen molar-refractivity contribution in [3.63, 3.8) is 0 Å². The normalized spacial score (nSPS) is 16.6. The summed E-state index contributed by atoms with van der Waals surface area (Å²) in [5.74, 6) is 0.652. The third-order valence-electron chi connectivity index (χ3n) is 2.66. The van der Waals surface area contributed by atoms with Crippen molar-refractivity contribution in [1.82, 2.24) is 15.1 Å². The third kappa shape index (κ3) is 2.01. The average molecular weight is 193 g/mol. The summed E-state index contributed by atoms with van der Waals surface area (Å²) < 4.78 is 1.77. The summed E-state index contributed by atoms with van der Waals surface area (Å²) in [5, 5.41) is 7.17. The fourth-order valence-electron chi connectivity index (χ4n) is 1.59. The number of ketones is 1. The number of Topliss-reactive ketones (excluding diaryl/α,β-unsaturated/α-hetero) is 1. The van der Waals surface area contributed by atoms with Crippen LogP contribution >= 0.6 is 0 Å². The first-order chi connectivity index (χ1) is 6.75. The Morgan fingerprint density at radius 3 is 3.00 bits per heavy atom. The SMILES string of the molecule is Cn1cc(CCC(=O)C2CNC2)cn1. The van der Waals surface area contributed by atoms with Gasteiger partial charge in [-0.1, -0.05) is 0 Å². The van der Waals surface area contributed by atoms with Crippen LogP contribution in [0.5, 0.6) is 0 Å². The molecule has 2 rings (SSSR count). The highest BCUT2D eigenvalue weighted by atomic mass is 16.1. The zero-order chi connectivity index (χ0) is 9.97. The molecule has 1 saturated heterocycles. The molecular formula is C10H15N3O. The highest BCUT2D eigenvalue weighted by Crippen LogP contribution is 2.10. The second kappa shape index (κ2) is 3.92. The van der Waals surface area contributed by atoms with E-state index in [-0.39, 0.29) is 5.92 Å². The molecule has 4 nitrogen and oxygen atoms in total. The van der Waals surface area contributed by atoms with Crippen molar-refractivity contribution < 1.29 is 4.79 Å². The molecule has 0 aromatic carbocycles. The molecule has 1 aromatic heterocycles. The highest BCUT2D eigenvalue weighted by molar-refractivity contribution is 5.82. The van der Waals surface area contributed by atoms with Crippen molar-refractivity contribution in [2.45, 2.75) is 12.8 Å². The molecule has 2 heterocycles. The Bertz CT molecular complexity index is 328. The molecule has 0 saturated carbocycles. The molecule has 1 N–H and O–H groups in total. The van der Waals surface area contributed by atoms with Gasteiger partial charge in [-0.2, -0.15) is 5.10 Å². The van der Waals surface area contributed by atoms with Crippen LogP contribution in [-0.4, -0.2) is 28.7 Å². The van der Waals surface area contributed by atoms with Crippen LogP contribution < -0.4 is 5.32 Å². The fraction of sp³-hybridized carbons (Fsp3) is 0.600. The van der Waals surface area contributed by atoms with Gasteiger partial charge >= 0.3 is 0 Å². The van der Waals surface area contributed by atoms with Gasteiger partial charge in [-0.05, 0) is 12.0 Å². The molecule has 1 aliphatic rings. The van der Waals surface area contributed by atoms with Crippen LogP contribution in [-0.2, 0) is 18.3 Å². The molecule has 0 aliphatic carbocycles. The van der Waals surface area contributed by atoms with Gasteiger partial charge in [-0.25, -0.2) is 0 Å². The van der Waals surface area contributed by atoms with E-state index in [0.717, 1.165) is 25.1 Å². The molecule has 0 bridgehead atoms. The van der Waals surface area contributed by atoms with Gasteiger partial charge in [-0.15, -0.1) is 0 Å². The summed E-state index contributed by atoms with van der Waals surface area (Å²) in [6, 6.07) is 0. The maximum atomic E-state index is 11.5. The van der Waals surface area contributed by atoms with E-state index >= 15 is 0 Å².